The first kappa shape index (κ1) is 14.9. The summed E-state index contributed by atoms with van der Waals surface area (Å²) in [6, 6.07) is 6.81. The van der Waals surface area contributed by atoms with Crippen molar-refractivity contribution in [2.24, 2.45) is 5.92 Å². The number of nitrogens with one attached hydrogen (secondary N) is 1. The molecule has 0 saturated heterocycles. The van der Waals surface area contributed by atoms with Crippen LogP contribution in [0.5, 0.6) is 5.75 Å². The monoisotopic (exact) mass is 277 g/mol. The van der Waals surface area contributed by atoms with Crippen LogP contribution in [-0.4, -0.2) is 28.3 Å². The Morgan fingerprint density at radius 3 is 2.65 bits per heavy atom. The molecule has 1 aliphatic carbocycles. The molecule has 0 atom stereocenters. The molecular formula is C16H23NO3. The summed E-state index contributed by atoms with van der Waals surface area (Å²) in [7, 11) is 0. The van der Waals surface area contributed by atoms with Crippen LogP contribution in [0.1, 0.15) is 38.2 Å². The van der Waals surface area contributed by atoms with Gasteiger partial charge in [0.05, 0.1) is 12.0 Å². The van der Waals surface area contributed by atoms with E-state index in [1.54, 1.807) is 24.3 Å². The van der Waals surface area contributed by atoms with Crippen molar-refractivity contribution in [1.29, 1.82) is 0 Å². The van der Waals surface area contributed by atoms with Gasteiger partial charge in [-0.2, -0.15) is 0 Å². The number of hydrogen-bond acceptors (Lipinski definition) is 3. The quantitative estimate of drug-likeness (QED) is 0.788. The molecular weight excluding hydrogens is 254 g/mol. The van der Waals surface area contributed by atoms with E-state index in [4.69, 9.17) is 0 Å². The number of rotatable bonds is 4. The summed E-state index contributed by atoms with van der Waals surface area (Å²) in [5, 5.41) is 22.8. The van der Waals surface area contributed by atoms with Crippen LogP contribution in [0.15, 0.2) is 24.3 Å². The maximum absolute atomic E-state index is 11.9. The van der Waals surface area contributed by atoms with E-state index in [1.165, 1.54) is 0 Å². The zero-order chi connectivity index (χ0) is 14.6. The zero-order valence-electron chi connectivity index (χ0n) is 11.9. The number of aromatic hydroxyl groups is 1. The average Bonchev–Trinajstić information content (AvgIpc) is 2.43. The second-order valence-corrected chi connectivity index (χ2v) is 5.99. The Kier molecular flexibility index (Phi) is 4.65. The first-order valence-electron chi connectivity index (χ1n) is 7.24. The molecule has 0 unspecified atom stereocenters. The van der Waals surface area contributed by atoms with Crippen molar-refractivity contribution in [3.05, 3.63) is 29.8 Å². The maximum Gasteiger partial charge on any atom is 0.224 e. The normalized spacial score (nSPS) is 26.2. The predicted octanol–water partition coefficient (Wildman–Crippen LogP) is 1.99. The average molecular weight is 277 g/mol. The number of para-hydroxylation sites is 1. The van der Waals surface area contributed by atoms with Crippen LogP contribution in [0, 0.1) is 5.92 Å². The number of benzene rings is 1. The van der Waals surface area contributed by atoms with E-state index in [0.29, 0.717) is 18.0 Å². The lowest BCUT2D eigenvalue weighted by molar-refractivity contribution is -0.122. The molecule has 4 heteroatoms. The van der Waals surface area contributed by atoms with Crippen LogP contribution in [0.4, 0.5) is 0 Å². The number of phenols is 1. The molecule has 20 heavy (non-hydrogen) atoms. The van der Waals surface area contributed by atoms with Crippen molar-refractivity contribution < 1.29 is 15.0 Å². The summed E-state index contributed by atoms with van der Waals surface area (Å²) >= 11 is 0. The van der Waals surface area contributed by atoms with Gasteiger partial charge in [0.25, 0.3) is 0 Å². The smallest absolute Gasteiger partial charge is 0.224 e. The van der Waals surface area contributed by atoms with Gasteiger partial charge in [-0.1, -0.05) is 25.1 Å². The second-order valence-electron chi connectivity index (χ2n) is 5.99. The van der Waals surface area contributed by atoms with E-state index in [9.17, 15) is 15.0 Å². The number of hydrogen-bond donors (Lipinski definition) is 3. The number of amides is 1. The van der Waals surface area contributed by atoms with E-state index >= 15 is 0 Å². The Hall–Kier alpha value is -1.55. The van der Waals surface area contributed by atoms with E-state index in [0.717, 1.165) is 25.7 Å². The number of phenolic OH excluding ortho intramolecular Hbond substituents is 1. The molecule has 1 aliphatic rings. The molecule has 2 rings (SSSR count). The van der Waals surface area contributed by atoms with Gasteiger partial charge in [0.15, 0.2) is 0 Å². The summed E-state index contributed by atoms with van der Waals surface area (Å²) in [6.45, 7) is 2.49. The van der Waals surface area contributed by atoms with Crippen molar-refractivity contribution >= 4 is 5.91 Å². The first-order chi connectivity index (χ1) is 9.48. The molecule has 0 radical (unpaired) electrons. The summed E-state index contributed by atoms with van der Waals surface area (Å²) < 4.78 is 0. The van der Waals surface area contributed by atoms with Crippen molar-refractivity contribution in [2.45, 2.75) is 44.6 Å². The first-order valence-corrected chi connectivity index (χ1v) is 7.24. The molecule has 4 nitrogen and oxygen atoms in total. The highest BCUT2D eigenvalue weighted by atomic mass is 16.3. The summed E-state index contributed by atoms with van der Waals surface area (Å²) in [6.07, 6.45) is 3.63. The van der Waals surface area contributed by atoms with Crippen LogP contribution in [0.3, 0.4) is 0 Å². The summed E-state index contributed by atoms with van der Waals surface area (Å²) in [4.78, 5) is 11.9. The molecule has 0 spiro atoms. The summed E-state index contributed by atoms with van der Waals surface area (Å²) in [5.74, 6) is 0.624. The molecule has 3 N–H and O–H groups in total. The Bertz CT molecular complexity index is 465. The molecule has 1 aromatic carbocycles. The lowest BCUT2D eigenvalue weighted by Gasteiger charge is -2.34. The lowest BCUT2D eigenvalue weighted by atomic mass is 9.79. The minimum atomic E-state index is -0.763. The number of carbonyl (C=O) groups is 1. The Morgan fingerprint density at radius 1 is 1.35 bits per heavy atom. The van der Waals surface area contributed by atoms with Gasteiger partial charge in [-0.15, -0.1) is 0 Å². The largest absolute Gasteiger partial charge is 0.508 e. The molecule has 1 amide bonds. The van der Waals surface area contributed by atoms with Crippen molar-refractivity contribution in [2.75, 3.05) is 6.54 Å². The third kappa shape index (κ3) is 3.97. The van der Waals surface area contributed by atoms with E-state index in [-0.39, 0.29) is 18.1 Å². The second kappa shape index (κ2) is 6.27. The number of carbonyl (C=O) groups excluding carboxylic acids is 1. The zero-order valence-corrected chi connectivity index (χ0v) is 11.9. The van der Waals surface area contributed by atoms with E-state index in [2.05, 4.69) is 12.2 Å². The highest BCUT2D eigenvalue weighted by molar-refractivity contribution is 5.79. The number of aliphatic hydroxyl groups is 1. The van der Waals surface area contributed by atoms with Gasteiger partial charge in [0.2, 0.25) is 5.91 Å². The van der Waals surface area contributed by atoms with Gasteiger partial charge in [0.1, 0.15) is 5.75 Å². The molecule has 1 saturated carbocycles. The van der Waals surface area contributed by atoms with E-state index in [1.807, 2.05) is 0 Å². The van der Waals surface area contributed by atoms with Crippen LogP contribution in [0.2, 0.25) is 0 Å². The van der Waals surface area contributed by atoms with Crippen molar-refractivity contribution in [3.63, 3.8) is 0 Å². The maximum atomic E-state index is 11.9. The highest BCUT2D eigenvalue weighted by Gasteiger charge is 2.31. The predicted molar refractivity (Wildman–Crippen MR) is 77.4 cm³/mol. The lowest BCUT2D eigenvalue weighted by Crippen LogP contribution is -2.45. The standard InChI is InChI=1S/C16H23NO3/c1-12-6-8-16(20,9-7-12)11-17-15(19)10-13-4-2-3-5-14(13)18/h2-5,12,18,20H,6-11H2,1H3,(H,17,19). The van der Waals surface area contributed by atoms with Gasteiger partial charge < -0.3 is 15.5 Å². The summed E-state index contributed by atoms with van der Waals surface area (Å²) in [5.41, 5.74) is -0.157. The molecule has 110 valence electrons. The van der Waals surface area contributed by atoms with Gasteiger partial charge in [-0.3, -0.25) is 4.79 Å². The van der Waals surface area contributed by atoms with Gasteiger partial charge >= 0.3 is 0 Å². The fourth-order valence-electron chi connectivity index (χ4n) is 2.64. The Labute approximate surface area is 119 Å². The van der Waals surface area contributed by atoms with Gasteiger partial charge in [-0.25, -0.2) is 0 Å². The Balaban J connectivity index is 1.82. The van der Waals surface area contributed by atoms with Crippen molar-refractivity contribution in [1.82, 2.24) is 5.32 Å². The van der Waals surface area contributed by atoms with Gasteiger partial charge in [-0.05, 0) is 37.7 Å². The molecule has 1 fully saturated rings. The SMILES string of the molecule is CC1CCC(O)(CNC(=O)Cc2ccccc2O)CC1. The molecule has 0 aliphatic heterocycles. The van der Waals surface area contributed by atoms with Crippen LogP contribution in [-0.2, 0) is 11.2 Å². The van der Waals surface area contributed by atoms with Gasteiger partial charge in [0, 0.05) is 12.1 Å². The van der Waals surface area contributed by atoms with Crippen molar-refractivity contribution in [3.8, 4) is 5.75 Å². The highest BCUT2D eigenvalue weighted by Crippen LogP contribution is 2.31. The third-order valence-corrected chi connectivity index (χ3v) is 4.16. The fourth-order valence-corrected chi connectivity index (χ4v) is 2.64. The van der Waals surface area contributed by atoms with Crippen LogP contribution >= 0.6 is 0 Å². The topological polar surface area (TPSA) is 69.6 Å². The fraction of sp³-hybridized carbons (Fsp3) is 0.562. The van der Waals surface area contributed by atoms with Crippen LogP contribution in [0.25, 0.3) is 0 Å². The van der Waals surface area contributed by atoms with Crippen LogP contribution < -0.4 is 5.32 Å². The van der Waals surface area contributed by atoms with E-state index < -0.39 is 5.60 Å². The minimum absolute atomic E-state index is 0.132. The minimum Gasteiger partial charge on any atom is -0.508 e. The molecule has 0 heterocycles. The molecule has 1 aromatic rings. The molecule has 0 bridgehead atoms. The molecule has 0 aromatic heterocycles. The third-order valence-electron chi connectivity index (χ3n) is 4.16. The Morgan fingerprint density at radius 2 is 2.00 bits per heavy atom.